The normalized spacial score (nSPS) is 14.2. The topological polar surface area (TPSA) is 84.9 Å². The lowest BCUT2D eigenvalue weighted by atomic mass is 10.0. The van der Waals surface area contributed by atoms with Crippen LogP contribution in [0.25, 0.3) is 16.8 Å². The molecule has 0 unspecified atom stereocenters. The molecule has 1 saturated heterocycles. The second-order valence-corrected chi connectivity index (χ2v) is 11.4. The molecule has 0 bridgehead atoms. The Hall–Kier alpha value is -4.82. The number of carbonyl (C=O) groups excluding carboxylic acids is 3. The van der Waals surface area contributed by atoms with Crippen LogP contribution in [0.1, 0.15) is 16.7 Å². The summed E-state index contributed by atoms with van der Waals surface area (Å²) in [4.78, 5) is 40.1. The van der Waals surface area contributed by atoms with Gasteiger partial charge in [-0.05, 0) is 77.0 Å². The minimum atomic E-state index is -0.873. The van der Waals surface area contributed by atoms with Crippen LogP contribution >= 0.6 is 34.8 Å². The summed E-state index contributed by atoms with van der Waals surface area (Å²) in [6.45, 7) is 0.424. The lowest BCUT2D eigenvalue weighted by Gasteiger charge is -2.26. The van der Waals surface area contributed by atoms with Gasteiger partial charge in [-0.25, -0.2) is 9.69 Å². The molecule has 0 spiro atoms. The minimum Gasteiger partial charge on any atom is -0.489 e. The average Bonchev–Trinajstić information content (AvgIpc) is 3.03. The van der Waals surface area contributed by atoms with Crippen molar-refractivity contribution >= 4 is 75.2 Å². The summed E-state index contributed by atoms with van der Waals surface area (Å²) in [6.07, 6.45) is 1.37. The van der Waals surface area contributed by atoms with Crippen molar-refractivity contribution in [1.82, 2.24) is 5.32 Å². The maximum absolute atomic E-state index is 13.6. The third-order valence-electron chi connectivity index (χ3n) is 7.14. The van der Waals surface area contributed by atoms with Crippen molar-refractivity contribution in [3.05, 3.63) is 140 Å². The van der Waals surface area contributed by atoms with E-state index in [0.29, 0.717) is 32.1 Å². The molecule has 0 atom stereocenters. The van der Waals surface area contributed by atoms with E-state index in [-0.39, 0.29) is 24.5 Å². The number of nitrogens with zero attached hydrogens (tertiary/aromatic N) is 1. The van der Waals surface area contributed by atoms with Crippen LogP contribution in [0.5, 0.6) is 11.5 Å². The monoisotopic (exact) mass is 656 g/mol. The number of barbiturate groups is 1. The van der Waals surface area contributed by atoms with Gasteiger partial charge in [0, 0.05) is 26.2 Å². The van der Waals surface area contributed by atoms with Crippen LogP contribution in [0, 0.1) is 0 Å². The Balaban J connectivity index is 1.22. The van der Waals surface area contributed by atoms with E-state index in [9.17, 15) is 14.4 Å². The van der Waals surface area contributed by atoms with Crippen LogP contribution in [0.2, 0.25) is 15.1 Å². The Morgan fingerprint density at radius 2 is 1.42 bits per heavy atom. The van der Waals surface area contributed by atoms with Gasteiger partial charge < -0.3 is 9.47 Å². The Bertz CT molecular complexity index is 1990. The zero-order valence-corrected chi connectivity index (χ0v) is 25.7. The van der Waals surface area contributed by atoms with Gasteiger partial charge >= 0.3 is 6.03 Å². The van der Waals surface area contributed by atoms with Crippen LogP contribution in [0.15, 0.2) is 109 Å². The summed E-state index contributed by atoms with van der Waals surface area (Å²) < 4.78 is 12.0. The molecule has 5 aromatic rings. The van der Waals surface area contributed by atoms with Gasteiger partial charge in [0.05, 0.1) is 5.69 Å². The Kier molecular flexibility index (Phi) is 8.76. The number of nitrogens with one attached hydrogen (secondary N) is 1. The largest absolute Gasteiger partial charge is 0.489 e. The fourth-order valence-corrected chi connectivity index (χ4v) is 5.52. The third-order valence-corrected chi connectivity index (χ3v) is 7.96. The van der Waals surface area contributed by atoms with Gasteiger partial charge in [0.2, 0.25) is 0 Å². The van der Waals surface area contributed by atoms with E-state index in [1.807, 2.05) is 42.5 Å². The van der Waals surface area contributed by atoms with Crippen molar-refractivity contribution in [1.29, 1.82) is 0 Å². The van der Waals surface area contributed by atoms with Gasteiger partial charge in [0.1, 0.15) is 30.3 Å². The Labute approximate surface area is 273 Å². The molecule has 45 heavy (non-hydrogen) atoms. The number of anilines is 1. The second kappa shape index (κ2) is 13.0. The highest BCUT2D eigenvalue weighted by Crippen LogP contribution is 2.30. The molecule has 1 aliphatic rings. The van der Waals surface area contributed by atoms with E-state index < -0.39 is 17.8 Å². The standard InChI is InChI=1S/C35H23Cl3N2O5/c36-25-10-15-32(45-19-22-6-3-5-21-4-1-2-7-29(21)22)24(16-25)17-30-33(41)39-35(43)40(34(30)42)27-11-13-28(14-12-27)44-20-23-8-9-26(37)18-31(23)38/h1-18H,19-20H2,(H,39,41,43)/b30-17+. The predicted molar refractivity (Wildman–Crippen MR) is 176 cm³/mol. The van der Waals surface area contributed by atoms with Gasteiger partial charge in [-0.1, -0.05) is 83.3 Å². The van der Waals surface area contributed by atoms with Gasteiger partial charge in [-0.2, -0.15) is 0 Å². The number of urea groups is 1. The molecular formula is C35H23Cl3N2O5. The second-order valence-electron chi connectivity index (χ2n) is 10.1. The van der Waals surface area contributed by atoms with E-state index in [2.05, 4.69) is 5.32 Å². The fourth-order valence-electron chi connectivity index (χ4n) is 4.88. The Morgan fingerprint density at radius 1 is 0.711 bits per heavy atom. The lowest BCUT2D eigenvalue weighted by molar-refractivity contribution is -0.122. The molecule has 7 nitrogen and oxygen atoms in total. The molecule has 0 radical (unpaired) electrons. The molecule has 1 heterocycles. The number of fused-ring (bicyclic) bond motifs is 1. The number of hydrogen-bond donors (Lipinski definition) is 1. The number of benzene rings is 5. The van der Waals surface area contributed by atoms with Gasteiger partial charge in [0.25, 0.3) is 11.8 Å². The average molecular weight is 658 g/mol. The van der Waals surface area contributed by atoms with Crippen molar-refractivity contribution in [3.63, 3.8) is 0 Å². The minimum absolute atomic E-state index is 0.185. The summed E-state index contributed by atoms with van der Waals surface area (Å²) in [5, 5.41) is 5.74. The highest BCUT2D eigenvalue weighted by molar-refractivity contribution is 6.39. The van der Waals surface area contributed by atoms with Crippen LogP contribution in [-0.2, 0) is 22.8 Å². The van der Waals surface area contributed by atoms with E-state index >= 15 is 0 Å². The van der Waals surface area contributed by atoms with Crippen LogP contribution in [0.3, 0.4) is 0 Å². The molecule has 4 amide bonds. The van der Waals surface area contributed by atoms with E-state index in [1.54, 1.807) is 60.7 Å². The first-order valence-corrected chi connectivity index (χ1v) is 14.9. The highest BCUT2D eigenvalue weighted by Gasteiger charge is 2.37. The predicted octanol–water partition coefficient (Wildman–Crippen LogP) is 8.62. The highest BCUT2D eigenvalue weighted by atomic mass is 35.5. The molecule has 0 aromatic heterocycles. The molecule has 1 aliphatic heterocycles. The number of rotatable bonds is 8. The quantitative estimate of drug-likeness (QED) is 0.133. The first-order valence-electron chi connectivity index (χ1n) is 13.7. The summed E-state index contributed by atoms with van der Waals surface area (Å²) >= 11 is 18.5. The molecule has 1 N–H and O–H groups in total. The molecule has 0 aliphatic carbocycles. The molecule has 10 heteroatoms. The zero-order valence-electron chi connectivity index (χ0n) is 23.4. The number of halogens is 3. The van der Waals surface area contributed by atoms with Gasteiger partial charge in [-0.3, -0.25) is 14.9 Å². The Morgan fingerprint density at radius 3 is 2.22 bits per heavy atom. The number of hydrogen-bond acceptors (Lipinski definition) is 5. The molecule has 1 fully saturated rings. The SMILES string of the molecule is O=C1NC(=O)N(c2ccc(OCc3ccc(Cl)cc3Cl)cc2)C(=O)/C1=C/c1cc(Cl)ccc1OCc1cccc2ccccc12. The zero-order chi connectivity index (χ0) is 31.5. The molecule has 0 saturated carbocycles. The first-order chi connectivity index (χ1) is 21.8. The summed E-state index contributed by atoms with van der Waals surface area (Å²) in [5.74, 6) is -0.745. The van der Waals surface area contributed by atoms with E-state index in [4.69, 9.17) is 44.3 Å². The maximum Gasteiger partial charge on any atom is 0.335 e. The van der Waals surface area contributed by atoms with Crippen molar-refractivity contribution in [3.8, 4) is 11.5 Å². The van der Waals surface area contributed by atoms with Crippen LogP contribution < -0.4 is 19.7 Å². The lowest BCUT2D eigenvalue weighted by Crippen LogP contribution is -2.54. The number of imide groups is 2. The summed E-state index contributed by atoms with van der Waals surface area (Å²) in [7, 11) is 0. The number of ether oxygens (including phenoxy) is 2. The number of carbonyl (C=O) groups is 3. The smallest absolute Gasteiger partial charge is 0.335 e. The van der Waals surface area contributed by atoms with Crippen molar-refractivity contribution in [2.45, 2.75) is 13.2 Å². The van der Waals surface area contributed by atoms with Gasteiger partial charge in [0.15, 0.2) is 0 Å². The number of amides is 4. The summed E-state index contributed by atoms with van der Waals surface area (Å²) in [5.41, 5.74) is 2.09. The van der Waals surface area contributed by atoms with Crippen LogP contribution in [-0.4, -0.2) is 17.8 Å². The fraction of sp³-hybridized carbons (Fsp3) is 0.0571. The van der Waals surface area contributed by atoms with Gasteiger partial charge in [-0.15, -0.1) is 0 Å². The first kappa shape index (κ1) is 30.2. The van der Waals surface area contributed by atoms with Crippen molar-refractivity contribution in [2.24, 2.45) is 0 Å². The van der Waals surface area contributed by atoms with Crippen LogP contribution in [0.4, 0.5) is 10.5 Å². The molecular weight excluding hydrogens is 635 g/mol. The third kappa shape index (κ3) is 6.66. The van der Waals surface area contributed by atoms with Crippen molar-refractivity contribution in [2.75, 3.05) is 4.90 Å². The molecule has 5 aromatic carbocycles. The van der Waals surface area contributed by atoms with E-state index in [1.165, 1.54) is 6.08 Å². The molecule has 224 valence electrons. The molecule has 6 rings (SSSR count). The summed E-state index contributed by atoms with van der Waals surface area (Å²) in [6, 6.07) is 29.4. The van der Waals surface area contributed by atoms with E-state index in [0.717, 1.165) is 26.8 Å². The maximum atomic E-state index is 13.6. The van der Waals surface area contributed by atoms with Crippen molar-refractivity contribution < 1.29 is 23.9 Å².